The molecule has 0 aromatic heterocycles. The number of hydrogen-bond acceptors (Lipinski definition) is 2. The van der Waals surface area contributed by atoms with Crippen molar-refractivity contribution in [1.82, 2.24) is 10.6 Å². The molecule has 2 fully saturated rings. The largest absolute Gasteiger partial charge is 0.347 e. The van der Waals surface area contributed by atoms with E-state index in [4.69, 9.17) is 0 Å². The molecule has 1 aromatic carbocycles. The van der Waals surface area contributed by atoms with Crippen LogP contribution in [0.2, 0.25) is 0 Å². The Morgan fingerprint density at radius 3 is 2.63 bits per heavy atom. The molecule has 1 aliphatic carbocycles. The number of carbonyl (C=O) groups excluding carboxylic acids is 1. The highest BCUT2D eigenvalue weighted by atomic mass is 16.1. The van der Waals surface area contributed by atoms with Crippen molar-refractivity contribution in [3.8, 4) is 0 Å². The number of rotatable bonds is 4. The Hall–Kier alpha value is -1.35. The van der Waals surface area contributed by atoms with E-state index in [9.17, 15) is 4.79 Å². The van der Waals surface area contributed by atoms with Crippen LogP contribution in [0.25, 0.3) is 0 Å². The smallest absolute Gasteiger partial charge is 0.222 e. The highest BCUT2D eigenvalue weighted by Gasteiger charge is 2.40. The Bertz CT molecular complexity index is 433. The van der Waals surface area contributed by atoms with Gasteiger partial charge in [-0.3, -0.25) is 4.79 Å². The molecule has 19 heavy (non-hydrogen) atoms. The van der Waals surface area contributed by atoms with Crippen molar-refractivity contribution in [1.29, 1.82) is 0 Å². The summed E-state index contributed by atoms with van der Waals surface area (Å²) in [5, 5.41) is 6.68. The van der Waals surface area contributed by atoms with Crippen molar-refractivity contribution in [3.63, 3.8) is 0 Å². The number of amides is 1. The zero-order chi connectivity index (χ0) is 13.1. The predicted molar refractivity (Wildman–Crippen MR) is 75.8 cm³/mol. The number of carbonyl (C=O) groups is 1. The van der Waals surface area contributed by atoms with Crippen LogP contribution in [0.3, 0.4) is 0 Å². The van der Waals surface area contributed by atoms with Crippen molar-refractivity contribution in [2.45, 2.75) is 50.1 Å². The first-order valence-corrected chi connectivity index (χ1v) is 7.38. The van der Waals surface area contributed by atoms with Gasteiger partial charge in [0.15, 0.2) is 0 Å². The summed E-state index contributed by atoms with van der Waals surface area (Å²) in [6, 6.07) is 10.8. The molecule has 1 amide bonds. The average molecular weight is 258 g/mol. The second kappa shape index (κ2) is 5.33. The third kappa shape index (κ3) is 2.66. The van der Waals surface area contributed by atoms with Crippen LogP contribution in [0.4, 0.5) is 0 Å². The lowest BCUT2D eigenvalue weighted by atomic mass is 9.71. The van der Waals surface area contributed by atoms with E-state index in [2.05, 4.69) is 34.9 Å². The van der Waals surface area contributed by atoms with Crippen molar-refractivity contribution >= 4 is 5.91 Å². The van der Waals surface area contributed by atoms with Gasteiger partial charge in [0.2, 0.25) is 5.91 Å². The quantitative estimate of drug-likeness (QED) is 0.870. The number of benzene rings is 1. The first-order valence-electron chi connectivity index (χ1n) is 7.38. The molecule has 2 aliphatic rings. The first-order chi connectivity index (χ1) is 9.28. The lowest BCUT2D eigenvalue weighted by molar-refractivity contribution is -0.124. The van der Waals surface area contributed by atoms with Gasteiger partial charge in [-0.2, -0.15) is 0 Å². The van der Waals surface area contributed by atoms with Crippen LogP contribution in [0.15, 0.2) is 30.3 Å². The van der Waals surface area contributed by atoms with Gasteiger partial charge in [-0.1, -0.05) is 30.3 Å². The van der Waals surface area contributed by atoms with Crippen molar-refractivity contribution in [2.75, 3.05) is 6.54 Å². The van der Waals surface area contributed by atoms with Gasteiger partial charge in [0.25, 0.3) is 0 Å². The van der Waals surface area contributed by atoms with E-state index in [0.29, 0.717) is 12.5 Å². The second-order valence-corrected chi connectivity index (χ2v) is 5.85. The molecule has 3 heteroatoms. The summed E-state index contributed by atoms with van der Waals surface area (Å²) in [5.41, 5.74) is 1.17. The molecule has 1 saturated heterocycles. The first kappa shape index (κ1) is 12.7. The maximum Gasteiger partial charge on any atom is 0.222 e. The van der Waals surface area contributed by atoms with Gasteiger partial charge in [-0.05, 0) is 44.2 Å². The highest BCUT2D eigenvalue weighted by molar-refractivity contribution is 5.78. The lowest BCUT2D eigenvalue weighted by Gasteiger charge is -2.43. The second-order valence-electron chi connectivity index (χ2n) is 5.85. The van der Waals surface area contributed by atoms with Crippen LogP contribution in [0.5, 0.6) is 0 Å². The maximum atomic E-state index is 12.2. The topological polar surface area (TPSA) is 41.1 Å². The Labute approximate surface area is 114 Å². The van der Waals surface area contributed by atoms with Crippen molar-refractivity contribution in [3.05, 3.63) is 35.9 Å². The summed E-state index contributed by atoms with van der Waals surface area (Å²) in [6.45, 7) is 1.06. The van der Waals surface area contributed by atoms with Gasteiger partial charge < -0.3 is 10.6 Å². The summed E-state index contributed by atoms with van der Waals surface area (Å²) in [7, 11) is 0. The minimum absolute atomic E-state index is 0.0864. The summed E-state index contributed by atoms with van der Waals surface area (Å²) >= 11 is 0. The molecule has 1 aromatic rings. The average Bonchev–Trinajstić information content (AvgIpc) is 2.88. The molecular formula is C16H22N2O. The molecule has 0 radical (unpaired) electrons. The van der Waals surface area contributed by atoms with Crippen LogP contribution >= 0.6 is 0 Å². The van der Waals surface area contributed by atoms with Gasteiger partial charge in [-0.25, -0.2) is 0 Å². The Morgan fingerprint density at radius 2 is 2.05 bits per heavy atom. The van der Waals surface area contributed by atoms with E-state index >= 15 is 0 Å². The zero-order valence-corrected chi connectivity index (χ0v) is 11.3. The van der Waals surface area contributed by atoms with E-state index in [-0.39, 0.29) is 11.4 Å². The van der Waals surface area contributed by atoms with E-state index in [1.165, 1.54) is 18.4 Å². The summed E-state index contributed by atoms with van der Waals surface area (Å²) < 4.78 is 0. The van der Waals surface area contributed by atoms with E-state index in [1.807, 2.05) is 6.07 Å². The van der Waals surface area contributed by atoms with Crippen LogP contribution in [-0.4, -0.2) is 18.5 Å². The van der Waals surface area contributed by atoms with Crippen LogP contribution in [-0.2, 0) is 10.3 Å². The molecule has 2 N–H and O–H groups in total. The van der Waals surface area contributed by atoms with Gasteiger partial charge >= 0.3 is 0 Å². The lowest BCUT2D eigenvalue weighted by Crippen LogP contribution is -2.51. The number of nitrogens with one attached hydrogen (secondary N) is 2. The molecule has 0 bridgehead atoms. The Balaban J connectivity index is 1.64. The standard InChI is InChI=1S/C16H22N2O/c19-15(12-14-8-4-11-17-14)18-16(9-5-10-16)13-6-2-1-3-7-13/h1-3,6-7,14,17H,4-5,8-12H2,(H,18,19). The van der Waals surface area contributed by atoms with Crippen LogP contribution in [0.1, 0.15) is 44.1 Å². The minimum atomic E-state index is -0.0864. The Morgan fingerprint density at radius 1 is 1.26 bits per heavy atom. The fraction of sp³-hybridized carbons (Fsp3) is 0.562. The summed E-state index contributed by atoms with van der Waals surface area (Å²) in [6.07, 6.45) is 6.29. The van der Waals surface area contributed by atoms with Crippen molar-refractivity contribution in [2.24, 2.45) is 0 Å². The fourth-order valence-corrected chi connectivity index (χ4v) is 3.25. The van der Waals surface area contributed by atoms with Crippen LogP contribution in [0, 0.1) is 0 Å². The van der Waals surface area contributed by atoms with Crippen molar-refractivity contribution < 1.29 is 4.79 Å². The molecule has 1 aliphatic heterocycles. The van der Waals surface area contributed by atoms with Crippen LogP contribution < -0.4 is 10.6 Å². The fourth-order valence-electron chi connectivity index (χ4n) is 3.25. The van der Waals surface area contributed by atoms with Gasteiger partial charge in [0, 0.05) is 12.5 Å². The highest BCUT2D eigenvalue weighted by Crippen LogP contribution is 2.41. The molecular weight excluding hydrogens is 236 g/mol. The normalized spacial score (nSPS) is 24.7. The molecule has 1 atom stereocenters. The van der Waals surface area contributed by atoms with E-state index in [1.54, 1.807) is 0 Å². The summed E-state index contributed by atoms with van der Waals surface area (Å²) in [5.74, 6) is 0.197. The SMILES string of the molecule is O=C(CC1CCCN1)NC1(c2ccccc2)CCC1. The monoisotopic (exact) mass is 258 g/mol. The molecule has 0 spiro atoms. The van der Waals surface area contributed by atoms with Gasteiger partial charge in [0.05, 0.1) is 5.54 Å². The minimum Gasteiger partial charge on any atom is -0.347 e. The maximum absolute atomic E-state index is 12.2. The third-order valence-corrected chi connectivity index (χ3v) is 4.51. The van der Waals surface area contributed by atoms with E-state index in [0.717, 1.165) is 25.8 Å². The van der Waals surface area contributed by atoms with Gasteiger partial charge in [-0.15, -0.1) is 0 Å². The third-order valence-electron chi connectivity index (χ3n) is 4.51. The van der Waals surface area contributed by atoms with E-state index < -0.39 is 0 Å². The molecule has 1 saturated carbocycles. The predicted octanol–water partition coefficient (Wildman–Crippen LogP) is 2.32. The molecule has 3 nitrogen and oxygen atoms in total. The molecule has 3 rings (SSSR count). The molecule has 1 unspecified atom stereocenters. The molecule has 102 valence electrons. The zero-order valence-electron chi connectivity index (χ0n) is 11.3. The molecule has 1 heterocycles. The Kier molecular flexibility index (Phi) is 3.56. The number of hydrogen-bond donors (Lipinski definition) is 2. The van der Waals surface area contributed by atoms with Gasteiger partial charge in [0.1, 0.15) is 0 Å². The summed E-state index contributed by atoms with van der Waals surface area (Å²) in [4.78, 5) is 12.2.